The quantitative estimate of drug-likeness (QED) is 0.329. The van der Waals surface area contributed by atoms with E-state index in [0.29, 0.717) is 10.4 Å². The average molecular weight is 145 g/mol. The third kappa shape index (κ3) is 1.23. The van der Waals surface area contributed by atoms with Gasteiger partial charge in [-0.15, -0.1) is 0 Å². The SMILES string of the molecule is Nc1ccc(Cl)[n+]([O-])c1. The maximum Gasteiger partial charge on any atom is 0.286 e. The Morgan fingerprint density at radius 1 is 1.56 bits per heavy atom. The third-order valence-electron chi connectivity index (χ3n) is 0.890. The molecule has 0 amide bonds. The number of aromatic nitrogens is 1. The van der Waals surface area contributed by atoms with Crippen molar-refractivity contribution in [1.82, 2.24) is 0 Å². The largest absolute Gasteiger partial charge is 0.618 e. The van der Waals surface area contributed by atoms with Crippen molar-refractivity contribution >= 4 is 17.3 Å². The lowest BCUT2D eigenvalue weighted by Crippen LogP contribution is -2.26. The van der Waals surface area contributed by atoms with Gasteiger partial charge < -0.3 is 10.9 Å². The number of rotatable bonds is 0. The lowest BCUT2D eigenvalue weighted by atomic mass is 10.4. The summed E-state index contributed by atoms with van der Waals surface area (Å²) in [5, 5.41) is 10.7. The summed E-state index contributed by atoms with van der Waals surface area (Å²) < 4.78 is 0.511. The van der Waals surface area contributed by atoms with Crippen molar-refractivity contribution in [2.45, 2.75) is 0 Å². The highest BCUT2D eigenvalue weighted by Gasteiger charge is 1.97. The van der Waals surface area contributed by atoms with Crippen molar-refractivity contribution in [3.8, 4) is 0 Å². The van der Waals surface area contributed by atoms with Gasteiger partial charge in [0.15, 0.2) is 0 Å². The van der Waals surface area contributed by atoms with Gasteiger partial charge in [-0.2, -0.15) is 4.73 Å². The molecule has 0 atom stereocenters. The summed E-state index contributed by atoms with van der Waals surface area (Å²) in [6.07, 6.45) is 1.21. The van der Waals surface area contributed by atoms with E-state index >= 15 is 0 Å². The van der Waals surface area contributed by atoms with Crippen LogP contribution in [-0.2, 0) is 0 Å². The van der Waals surface area contributed by atoms with E-state index in [0.717, 1.165) is 0 Å². The van der Waals surface area contributed by atoms with Gasteiger partial charge in [-0.1, -0.05) is 0 Å². The fourth-order valence-electron chi connectivity index (χ4n) is 0.479. The normalized spacial score (nSPS) is 9.44. The minimum atomic E-state index is 0.129. The van der Waals surface area contributed by atoms with Crippen LogP contribution >= 0.6 is 11.6 Å². The van der Waals surface area contributed by atoms with Crippen molar-refractivity contribution < 1.29 is 4.73 Å². The second-order valence-electron chi connectivity index (χ2n) is 1.61. The van der Waals surface area contributed by atoms with E-state index < -0.39 is 0 Å². The Morgan fingerprint density at radius 3 is 2.67 bits per heavy atom. The molecule has 48 valence electrons. The van der Waals surface area contributed by atoms with Crippen LogP contribution in [0.15, 0.2) is 18.3 Å². The number of nitrogens with two attached hydrogens (primary N) is 1. The van der Waals surface area contributed by atoms with Gasteiger partial charge in [0.2, 0.25) is 6.20 Å². The molecule has 1 rings (SSSR count). The van der Waals surface area contributed by atoms with Crippen molar-refractivity contribution in [1.29, 1.82) is 0 Å². The zero-order chi connectivity index (χ0) is 6.85. The Kier molecular flexibility index (Phi) is 1.44. The summed E-state index contributed by atoms with van der Waals surface area (Å²) in [5.41, 5.74) is 5.66. The molecule has 0 aliphatic carbocycles. The van der Waals surface area contributed by atoms with E-state index in [-0.39, 0.29) is 5.15 Å². The summed E-state index contributed by atoms with van der Waals surface area (Å²) >= 11 is 5.38. The molecule has 0 bridgehead atoms. The number of nitrogens with zero attached hydrogens (tertiary/aromatic N) is 1. The molecule has 1 aromatic rings. The van der Waals surface area contributed by atoms with Crippen LogP contribution in [0.2, 0.25) is 5.15 Å². The molecule has 0 aromatic carbocycles. The second kappa shape index (κ2) is 2.11. The molecule has 0 aliphatic rings. The standard InChI is InChI=1S/C5H5ClN2O/c6-5-2-1-4(7)3-8(5)9/h1-3H,7H2. The molecule has 1 heterocycles. The Hall–Kier alpha value is -0.960. The summed E-state index contributed by atoms with van der Waals surface area (Å²) in [6, 6.07) is 3.01. The maximum atomic E-state index is 10.5. The molecule has 3 nitrogen and oxygen atoms in total. The van der Waals surface area contributed by atoms with Crippen LogP contribution in [0.1, 0.15) is 0 Å². The average Bonchev–Trinajstić information content (AvgIpc) is 1.80. The zero-order valence-corrected chi connectivity index (χ0v) is 5.30. The third-order valence-corrected chi connectivity index (χ3v) is 1.18. The van der Waals surface area contributed by atoms with Gasteiger partial charge in [-0.25, -0.2) is 0 Å². The first-order valence-corrected chi connectivity index (χ1v) is 2.72. The van der Waals surface area contributed by atoms with Crippen LogP contribution in [0.5, 0.6) is 0 Å². The lowest BCUT2D eigenvalue weighted by Gasteiger charge is -1.96. The minimum absolute atomic E-state index is 0.129. The predicted molar refractivity (Wildman–Crippen MR) is 34.8 cm³/mol. The molecule has 0 radical (unpaired) electrons. The molecular weight excluding hydrogens is 140 g/mol. The van der Waals surface area contributed by atoms with E-state index in [1.165, 1.54) is 12.3 Å². The van der Waals surface area contributed by atoms with Crippen molar-refractivity contribution in [2.75, 3.05) is 5.73 Å². The number of anilines is 1. The first-order chi connectivity index (χ1) is 4.20. The van der Waals surface area contributed by atoms with Crippen molar-refractivity contribution in [3.63, 3.8) is 0 Å². The molecule has 0 saturated heterocycles. The molecule has 0 fully saturated rings. The van der Waals surface area contributed by atoms with Gasteiger partial charge in [-0.05, 0) is 17.7 Å². The van der Waals surface area contributed by atoms with Gasteiger partial charge in [-0.3, -0.25) is 0 Å². The molecular formula is C5H5ClN2O. The van der Waals surface area contributed by atoms with Crippen LogP contribution in [0.3, 0.4) is 0 Å². The molecule has 0 aliphatic heterocycles. The van der Waals surface area contributed by atoms with Crippen molar-refractivity contribution in [2.24, 2.45) is 0 Å². The fraction of sp³-hybridized carbons (Fsp3) is 0. The summed E-state index contributed by atoms with van der Waals surface area (Å²) in [5.74, 6) is 0. The van der Waals surface area contributed by atoms with Crippen LogP contribution in [0, 0.1) is 5.21 Å². The minimum Gasteiger partial charge on any atom is -0.618 e. The molecule has 0 spiro atoms. The van der Waals surface area contributed by atoms with E-state index in [4.69, 9.17) is 17.3 Å². The zero-order valence-electron chi connectivity index (χ0n) is 4.54. The number of halogens is 1. The molecule has 0 unspecified atom stereocenters. The molecule has 4 heteroatoms. The highest BCUT2D eigenvalue weighted by atomic mass is 35.5. The molecule has 9 heavy (non-hydrogen) atoms. The Balaban J connectivity index is 3.17. The highest BCUT2D eigenvalue weighted by Crippen LogP contribution is 2.02. The Labute approximate surface area is 57.3 Å². The fourth-order valence-corrected chi connectivity index (χ4v) is 0.590. The van der Waals surface area contributed by atoms with E-state index in [9.17, 15) is 5.21 Å². The molecule has 1 aromatic heterocycles. The number of nitrogen functional groups attached to an aromatic ring is 1. The van der Waals surface area contributed by atoms with Crippen LogP contribution < -0.4 is 10.5 Å². The number of hydrogen-bond acceptors (Lipinski definition) is 2. The lowest BCUT2D eigenvalue weighted by molar-refractivity contribution is -0.602. The van der Waals surface area contributed by atoms with Gasteiger partial charge in [0.05, 0.1) is 5.69 Å². The van der Waals surface area contributed by atoms with Gasteiger partial charge in [0.25, 0.3) is 5.15 Å². The first-order valence-electron chi connectivity index (χ1n) is 2.34. The van der Waals surface area contributed by atoms with E-state index in [2.05, 4.69) is 0 Å². The number of hydrogen-bond donors (Lipinski definition) is 1. The van der Waals surface area contributed by atoms with Gasteiger partial charge >= 0.3 is 0 Å². The molecule has 0 saturated carbocycles. The van der Waals surface area contributed by atoms with Crippen LogP contribution in [-0.4, -0.2) is 0 Å². The topological polar surface area (TPSA) is 53.0 Å². The van der Waals surface area contributed by atoms with E-state index in [1.807, 2.05) is 0 Å². The summed E-state index contributed by atoms with van der Waals surface area (Å²) in [4.78, 5) is 0. The first kappa shape index (κ1) is 6.16. The van der Waals surface area contributed by atoms with Gasteiger partial charge in [0.1, 0.15) is 0 Å². The smallest absolute Gasteiger partial charge is 0.286 e. The van der Waals surface area contributed by atoms with E-state index in [1.54, 1.807) is 6.07 Å². The highest BCUT2D eigenvalue weighted by molar-refractivity contribution is 6.28. The predicted octanol–water partition coefficient (Wildman–Crippen LogP) is 0.556. The molecule has 2 N–H and O–H groups in total. The summed E-state index contributed by atoms with van der Waals surface area (Å²) in [7, 11) is 0. The van der Waals surface area contributed by atoms with Crippen molar-refractivity contribution in [3.05, 3.63) is 28.7 Å². The Morgan fingerprint density at radius 2 is 2.22 bits per heavy atom. The van der Waals surface area contributed by atoms with Crippen LogP contribution in [0.4, 0.5) is 5.69 Å². The monoisotopic (exact) mass is 144 g/mol. The summed E-state index contributed by atoms with van der Waals surface area (Å²) in [6.45, 7) is 0. The van der Waals surface area contributed by atoms with Gasteiger partial charge in [0, 0.05) is 6.07 Å². The second-order valence-corrected chi connectivity index (χ2v) is 2.00. The Bertz CT molecular complexity index is 226. The van der Waals surface area contributed by atoms with Crippen LogP contribution in [0.25, 0.3) is 0 Å². The maximum absolute atomic E-state index is 10.5. The number of pyridine rings is 1.